The van der Waals surface area contributed by atoms with Gasteiger partial charge in [0.25, 0.3) is 0 Å². The van der Waals surface area contributed by atoms with Gasteiger partial charge >= 0.3 is 0 Å². The van der Waals surface area contributed by atoms with Crippen LogP contribution in [0.25, 0.3) is 0 Å². The number of unbranched alkanes of at least 4 members (excludes halogenated alkanes) is 7. The molecule has 0 aliphatic rings. The topological polar surface area (TPSA) is 54.9 Å². The van der Waals surface area contributed by atoms with Crippen LogP contribution in [0.4, 0.5) is 5.82 Å². The van der Waals surface area contributed by atoms with Crippen LogP contribution in [-0.2, 0) is 0 Å². The van der Waals surface area contributed by atoms with Gasteiger partial charge in [-0.1, -0.05) is 63.5 Å². The minimum atomic E-state index is 0.202. The van der Waals surface area contributed by atoms with E-state index < -0.39 is 0 Å². The molecule has 0 saturated carbocycles. The Kier molecular flexibility index (Phi) is 8.96. The fourth-order valence-corrected chi connectivity index (χ4v) is 2.26. The normalized spacial score (nSPS) is 10.5. The van der Waals surface area contributed by atoms with Gasteiger partial charge in [0, 0.05) is 6.54 Å². The van der Waals surface area contributed by atoms with Crippen molar-refractivity contribution in [3.8, 4) is 0 Å². The summed E-state index contributed by atoms with van der Waals surface area (Å²) < 4.78 is 0. The van der Waals surface area contributed by atoms with Crippen LogP contribution in [0.5, 0.6) is 0 Å². The maximum atomic E-state index is 10.9. The Bertz CT molecular complexity index is 399. The number of rotatable bonds is 11. The Morgan fingerprint density at radius 3 is 2.40 bits per heavy atom. The lowest BCUT2D eigenvalue weighted by Gasteiger charge is -2.07. The summed E-state index contributed by atoms with van der Waals surface area (Å²) in [6.07, 6.45) is 12.3. The predicted molar refractivity (Wildman–Crippen MR) is 83.5 cm³/mol. The standard InChI is InChI=1S/C15H24ClN3O/c1-2-3-4-5-6-7-8-9-10-17-15-13(11-20)14(16)18-12-19-15/h11-12H,2-10H2,1H3,(H,17,18,19). The zero-order valence-electron chi connectivity index (χ0n) is 12.2. The first-order valence-corrected chi connectivity index (χ1v) is 7.87. The number of halogens is 1. The molecule has 0 spiro atoms. The molecule has 0 aromatic carbocycles. The van der Waals surface area contributed by atoms with Gasteiger partial charge in [-0.15, -0.1) is 0 Å². The number of carbonyl (C=O) groups is 1. The largest absolute Gasteiger partial charge is 0.369 e. The average Bonchev–Trinajstić information content (AvgIpc) is 2.45. The van der Waals surface area contributed by atoms with E-state index in [0.29, 0.717) is 17.7 Å². The van der Waals surface area contributed by atoms with Gasteiger partial charge < -0.3 is 5.32 Å². The van der Waals surface area contributed by atoms with Gasteiger partial charge in [0.1, 0.15) is 17.3 Å². The van der Waals surface area contributed by atoms with Gasteiger partial charge in [0.15, 0.2) is 6.29 Å². The number of carbonyl (C=O) groups excluding carboxylic acids is 1. The van der Waals surface area contributed by atoms with Crippen molar-refractivity contribution in [2.45, 2.75) is 58.3 Å². The SMILES string of the molecule is CCCCCCCCCCNc1ncnc(Cl)c1C=O. The molecule has 112 valence electrons. The summed E-state index contributed by atoms with van der Waals surface area (Å²) in [5, 5.41) is 3.35. The van der Waals surface area contributed by atoms with Gasteiger partial charge in [-0.3, -0.25) is 4.79 Å². The number of aromatic nitrogens is 2. The van der Waals surface area contributed by atoms with Crippen LogP contribution >= 0.6 is 11.6 Å². The maximum absolute atomic E-state index is 10.9. The molecule has 1 rings (SSSR count). The molecule has 0 bridgehead atoms. The smallest absolute Gasteiger partial charge is 0.156 e. The Balaban J connectivity index is 2.13. The lowest BCUT2D eigenvalue weighted by atomic mass is 10.1. The van der Waals surface area contributed by atoms with Crippen molar-refractivity contribution >= 4 is 23.7 Å². The number of nitrogens with zero attached hydrogens (tertiary/aromatic N) is 2. The minimum Gasteiger partial charge on any atom is -0.369 e. The highest BCUT2D eigenvalue weighted by atomic mass is 35.5. The van der Waals surface area contributed by atoms with E-state index >= 15 is 0 Å². The molecule has 0 aliphatic carbocycles. The molecule has 0 amide bonds. The molecule has 1 aromatic rings. The first-order valence-electron chi connectivity index (χ1n) is 7.49. The van der Waals surface area contributed by atoms with Gasteiger partial charge in [0.2, 0.25) is 0 Å². The third-order valence-corrected chi connectivity index (χ3v) is 3.58. The summed E-state index contributed by atoms with van der Waals surface area (Å²) in [4.78, 5) is 18.7. The van der Waals surface area contributed by atoms with Gasteiger partial charge in [-0.25, -0.2) is 9.97 Å². The third kappa shape index (κ3) is 6.33. The fourth-order valence-electron chi connectivity index (χ4n) is 2.09. The summed E-state index contributed by atoms with van der Waals surface area (Å²) in [6, 6.07) is 0. The van der Waals surface area contributed by atoms with Crippen molar-refractivity contribution in [2.24, 2.45) is 0 Å². The summed E-state index contributed by atoms with van der Waals surface area (Å²) in [5.41, 5.74) is 0.341. The van der Waals surface area contributed by atoms with E-state index in [4.69, 9.17) is 11.6 Å². The second kappa shape index (κ2) is 10.6. The van der Waals surface area contributed by atoms with E-state index in [9.17, 15) is 4.79 Å². The van der Waals surface area contributed by atoms with Crippen LogP contribution in [0.1, 0.15) is 68.6 Å². The van der Waals surface area contributed by atoms with Crippen molar-refractivity contribution in [1.82, 2.24) is 9.97 Å². The summed E-state index contributed by atoms with van der Waals surface area (Å²) in [7, 11) is 0. The molecular formula is C15H24ClN3O. The summed E-state index contributed by atoms with van der Waals surface area (Å²) in [5.74, 6) is 0.531. The molecule has 1 N–H and O–H groups in total. The molecule has 1 aromatic heterocycles. The third-order valence-electron chi connectivity index (χ3n) is 3.28. The van der Waals surface area contributed by atoms with E-state index in [1.807, 2.05) is 0 Å². The first-order chi connectivity index (χ1) is 9.79. The van der Waals surface area contributed by atoms with Crippen molar-refractivity contribution < 1.29 is 4.79 Å². The molecular weight excluding hydrogens is 274 g/mol. The number of nitrogens with one attached hydrogen (secondary N) is 1. The van der Waals surface area contributed by atoms with E-state index in [2.05, 4.69) is 22.2 Å². The highest BCUT2D eigenvalue weighted by Gasteiger charge is 2.07. The quantitative estimate of drug-likeness (QED) is 0.371. The molecule has 0 unspecified atom stereocenters. The van der Waals surface area contributed by atoms with E-state index in [1.165, 1.54) is 51.3 Å². The van der Waals surface area contributed by atoms with Crippen molar-refractivity contribution in [2.75, 3.05) is 11.9 Å². The highest BCUT2D eigenvalue weighted by molar-refractivity contribution is 6.32. The van der Waals surface area contributed by atoms with Crippen LogP contribution in [0.2, 0.25) is 5.15 Å². The lowest BCUT2D eigenvalue weighted by molar-refractivity contribution is 0.112. The number of aldehydes is 1. The van der Waals surface area contributed by atoms with Gasteiger partial charge in [-0.05, 0) is 6.42 Å². The molecule has 0 saturated heterocycles. The molecule has 4 nitrogen and oxygen atoms in total. The molecule has 0 fully saturated rings. The van der Waals surface area contributed by atoms with E-state index in [1.54, 1.807) is 0 Å². The molecule has 20 heavy (non-hydrogen) atoms. The summed E-state index contributed by atoms with van der Waals surface area (Å²) in [6.45, 7) is 3.04. The van der Waals surface area contributed by atoms with Gasteiger partial charge in [0.05, 0.1) is 5.56 Å². The minimum absolute atomic E-state index is 0.202. The first kappa shape index (κ1) is 16.9. The Morgan fingerprint density at radius 1 is 1.10 bits per heavy atom. The molecule has 5 heteroatoms. The van der Waals surface area contributed by atoms with E-state index in [-0.39, 0.29) is 5.15 Å². The second-order valence-electron chi connectivity index (χ2n) is 4.95. The predicted octanol–water partition coefficient (Wildman–Crippen LogP) is 4.50. The Morgan fingerprint density at radius 2 is 1.75 bits per heavy atom. The fraction of sp³-hybridized carbons (Fsp3) is 0.667. The Labute approximate surface area is 126 Å². The van der Waals surface area contributed by atoms with Crippen LogP contribution < -0.4 is 5.32 Å². The van der Waals surface area contributed by atoms with Crippen molar-refractivity contribution in [1.29, 1.82) is 0 Å². The molecule has 1 heterocycles. The molecule has 0 atom stereocenters. The van der Waals surface area contributed by atoms with Crippen LogP contribution in [0, 0.1) is 0 Å². The van der Waals surface area contributed by atoms with E-state index in [0.717, 1.165) is 13.0 Å². The number of hydrogen-bond donors (Lipinski definition) is 1. The maximum Gasteiger partial charge on any atom is 0.156 e. The number of anilines is 1. The van der Waals surface area contributed by atoms with Crippen LogP contribution in [0.3, 0.4) is 0 Å². The van der Waals surface area contributed by atoms with Gasteiger partial charge in [-0.2, -0.15) is 0 Å². The summed E-state index contributed by atoms with van der Waals surface area (Å²) >= 11 is 5.83. The highest BCUT2D eigenvalue weighted by Crippen LogP contribution is 2.17. The monoisotopic (exact) mass is 297 g/mol. The van der Waals surface area contributed by atoms with Crippen LogP contribution in [0.15, 0.2) is 6.33 Å². The molecule has 0 radical (unpaired) electrons. The molecule has 0 aliphatic heterocycles. The average molecular weight is 298 g/mol. The van der Waals surface area contributed by atoms with Crippen LogP contribution in [-0.4, -0.2) is 22.8 Å². The van der Waals surface area contributed by atoms with Crippen molar-refractivity contribution in [3.05, 3.63) is 17.0 Å². The Hall–Kier alpha value is -1.16. The van der Waals surface area contributed by atoms with Crippen molar-refractivity contribution in [3.63, 3.8) is 0 Å². The lowest BCUT2D eigenvalue weighted by Crippen LogP contribution is -2.07. The second-order valence-corrected chi connectivity index (χ2v) is 5.30. The zero-order chi connectivity index (χ0) is 14.6. The zero-order valence-corrected chi connectivity index (χ0v) is 13.0. The number of hydrogen-bond acceptors (Lipinski definition) is 4.